The average molecular weight is 286 g/mol. The maximum Gasteiger partial charge on any atom is 0.271 e. The molecule has 0 aromatic carbocycles. The van der Waals surface area contributed by atoms with Gasteiger partial charge in [0.15, 0.2) is 0 Å². The maximum atomic E-state index is 12.1. The van der Waals surface area contributed by atoms with E-state index in [0.29, 0.717) is 3.70 Å². The number of aromatic amines is 1. The van der Waals surface area contributed by atoms with E-state index in [9.17, 15) is 13.6 Å². The minimum atomic E-state index is -2.83. The Morgan fingerprint density at radius 3 is 2.58 bits per heavy atom. The van der Waals surface area contributed by atoms with Crippen LogP contribution >= 0.6 is 22.6 Å². The normalized spacial score (nSPS) is 10.7. The molecule has 0 unspecified atom stereocenters. The Hall–Kier alpha value is -0.660. The van der Waals surface area contributed by atoms with Crippen LogP contribution in [-0.4, -0.2) is 4.98 Å². The van der Waals surface area contributed by atoms with Crippen molar-refractivity contribution >= 4 is 28.3 Å². The lowest BCUT2D eigenvalue weighted by molar-refractivity contribution is 0.150. The Bertz CT molecular complexity index is 350. The molecule has 0 radical (unpaired) electrons. The van der Waals surface area contributed by atoms with E-state index >= 15 is 0 Å². The Morgan fingerprint density at radius 2 is 2.17 bits per heavy atom. The molecule has 1 rings (SSSR count). The molecule has 0 saturated heterocycles. The van der Waals surface area contributed by atoms with Crippen LogP contribution in [-0.2, 0) is 0 Å². The van der Waals surface area contributed by atoms with Crippen LogP contribution < -0.4 is 11.3 Å². The lowest BCUT2D eigenvalue weighted by Gasteiger charge is -2.02. The number of halogens is 3. The topological polar surface area (TPSA) is 58.9 Å². The molecule has 1 aromatic heterocycles. The van der Waals surface area contributed by atoms with Gasteiger partial charge in [0.1, 0.15) is 5.56 Å². The van der Waals surface area contributed by atoms with Crippen molar-refractivity contribution in [3.63, 3.8) is 0 Å². The summed E-state index contributed by atoms with van der Waals surface area (Å²) in [6.45, 7) is 0. The average Bonchev–Trinajstić information content (AvgIpc) is 1.82. The first-order valence-corrected chi connectivity index (χ1v) is 4.06. The number of nitrogens with two attached hydrogens (primary N) is 1. The number of nitrogens with one attached hydrogen (secondary N) is 1. The maximum absolute atomic E-state index is 12.1. The molecule has 0 aliphatic rings. The van der Waals surface area contributed by atoms with Crippen LogP contribution in [0.5, 0.6) is 0 Å². The number of aromatic nitrogens is 1. The molecule has 0 saturated carbocycles. The lowest BCUT2D eigenvalue weighted by Crippen LogP contribution is -2.16. The van der Waals surface area contributed by atoms with Crippen molar-refractivity contribution in [3.8, 4) is 0 Å². The van der Waals surface area contributed by atoms with Gasteiger partial charge in [-0.2, -0.15) is 0 Å². The molecule has 3 N–H and O–H groups in total. The summed E-state index contributed by atoms with van der Waals surface area (Å²) in [5.74, 6) is 0. The number of rotatable bonds is 1. The zero-order chi connectivity index (χ0) is 9.30. The summed E-state index contributed by atoms with van der Waals surface area (Å²) in [6, 6.07) is 1.30. The highest BCUT2D eigenvalue weighted by atomic mass is 127. The van der Waals surface area contributed by atoms with Gasteiger partial charge in [0.2, 0.25) is 0 Å². The number of pyridine rings is 1. The summed E-state index contributed by atoms with van der Waals surface area (Å²) in [5, 5.41) is 0. The van der Waals surface area contributed by atoms with Gasteiger partial charge in [-0.05, 0) is 28.7 Å². The van der Waals surface area contributed by atoms with Crippen LogP contribution in [0.25, 0.3) is 0 Å². The van der Waals surface area contributed by atoms with E-state index in [4.69, 9.17) is 5.73 Å². The number of alkyl halides is 2. The Labute approximate surface area is 80.1 Å². The molecular weight excluding hydrogens is 281 g/mol. The van der Waals surface area contributed by atoms with Crippen LogP contribution in [0.3, 0.4) is 0 Å². The Morgan fingerprint density at radius 1 is 1.58 bits per heavy atom. The third-order valence-corrected chi connectivity index (χ3v) is 1.87. The Balaban J connectivity index is 3.39. The third kappa shape index (κ3) is 1.74. The summed E-state index contributed by atoms with van der Waals surface area (Å²) in [4.78, 5) is 13.1. The van der Waals surface area contributed by atoms with Gasteiger partial charge in [-0.15, -0.1) is 0 Å². The van der Waals surface area contributed by atoms with Crippen molar-refractivity contribution in [2.24, 2.45) is 0 Å². The highest BCUT2D eigenvalue weighted by molar-refractivity contribution is 14.1. The molecule has 0 aliphatic heterocycles. The van der Waals surface area contributed by atoms with E-state index < -0.39 is 17.5 Å². The van der Waals surface area contributed by atoms with Crippen LogP contribution in [0.1, 0.15) is 12.0 Å². The summed E-state index contributed by atoms with van der Waals surface area (Å²) in [6.07, 6.45) is -2.83. The van der Waals surface area contributed by atoms with Gasteiger partial charge in [-0.3, -0.25) is 4.79 Å². The largest absolute Gasteiger partial charge is 0.398 e. The fourth-order valence-electron chi connectivity index (χ4n) is 0.782. The number of nitrogen functional groups attached to an aromatic ring is 1. The first-order chi connectivity index (χ1) is 5.52. The molecule has 66 valence electrons. The van der Waals surface area contributed by atoms with Crippen molar-refractivity contribution in [1.82, 2.24) is 4.98 Å². The van der Waals surface area contributed by atoms with Crippen molar-refractivity contribution in [2.45, 2.75) is 6.43 Å². The van der Waals surface area contributed by atoms with Gasteiger partial charge in [0.05, 0.1) is 3.70 Å². The minimum absolute atomic E-state index is 0.168. The molecule has 0 amide bonds. The fraction of sp³-hybridized carbons (Fsp3) is 0.167. The predicted molar refractivity (Wildman–Crippen MR) is 49.1 cm³/mol. The van der Waals surface area contributed by atoms with Crippen molar-refractivity contribution in [1.29, 1.82) is 0 Å². The van der Waals surface area contributed by atoms with E-state index in [1.807, 2.05) is 0 Å². The molecular formula is C6H5F2IN2O. The van der Waals surface area contributed by atoms with Gasteiger partial charge in [0.25, 0.3) is 12.0 Å². The van der Waals surface area contributed by atoms with E-state index in [0.717, 1.165) is 0 Å². The Kier molecular flexibility index (Phi) is 2.65. The zero-order valence-corrected chi connectivity index (χ0v) is 7.93. The second-order valence-electron chi connectivity index (χ2n) is 2.12. The quantitative estimate of drug-likeness (QED) is 0.607. The number of hydrogen-bond donors (Lipinski definition) is 2. The molecule has 0 spiro atoms. The van der Waals surface area contributed by atoms with E-state index in [1.54, 1.807) is 22.6 Å². The summed E-state index contributed by atoms with van der Waals surface area (Å²) < 4.78 is 24.7. The van der Waals surface area contributed by atoms with Crippen LogP contribution in [0.2, 0.25) is 0 Å². The first-order valence-electron chi connectivity index (χ1n) is 2.98. The number of H-pyrrole nitrogens is 1. The van der Waals surface area contributed by atoms with Crippen LogP contribution in [0, 0.1) is 3.70 Å². The molecule has 6 heteroatoms. The molecule has 0 aliphatic carbocycles. The van der Waals surface area contributed by atoms with Crippen LogP contribution in [0.4, 0.5) is 14.5 Å². The zero-order valence-electron chi connectivity index (χ0n) is 5.77. The standard InChI is InChI=1S/C6H5F2IN2O/c7-5(8)4-2(10)1-3(9)11-6(4)12/h1,5H,(H3,10,11,12). The van der Waals surface area contributed by atoms with Crippen molar-refractivity contribution in [2.75, 3.05) is 5.73 Å². The highest BCUT2D eigenvalue weighted by Gasteiger charge is 2.16. The van der Waals surface area contributed by atoms with Crippen molar-refractivity contribution < 1.29 is 8.78 Å². The minimum Gasteiger partial charge on any atom is -0.398 e. The first kappa shape index (κ1) is 9.43. The molecule has 12 heavy (non-hydrogen) atoms. The summed E-state index contributed by atoms with van der Waals surface area (Å²) in [5.41, 5.74) is 3.57. The SMILES string of the molecule is Nc1cc(I)[nH]c(=O)c1C(F)F. The van der Waals surface area contributed by atoms with Gasteiger partial charge in [0, 0.05) is 5.69 Å². The second kappa shape index (κ2) is 3.38. The smallest absolute Gasteiger partial charge is 0.271 e. The van der Waals surface area contributed by atoms with E-state index in [1.165, 1.54) is 6.07 Å². The van der Waals surface area contributed by atoms with Gasteiger partial charge in [-0.1, -0.05) is 0 Å². The third-order valence-electron chi connectivity index (χ3n) is 1.29. The fourth-order valence-corrected chi connectivity index (χ4v) is 1.36. The molecule has 1 heterocycles. The van der Waals surface area contributed by atoms with Gasteiger partial charge in [-0.25, -0.2) is 8.78 Å². The second-order valence-corrected chi connectivity index (χ2v) is 3.28. The van der Waals surface area contributed by atoms with E-state index in [2.05, 4.69) is 4.98 Å². The monoisotopic (exact) mass is 286 g/mol. The molecule has 0 atom stereocenters. The number of anilines is 1. The van der Waals surface area contributed by atoms with Crippen LogP contribution in [0.15, 0.2) is 10.9 Å². The van der Waals surface area contributed by atoms with E-state index in [-0.39, 0.29) is 5.69 Å². The molecule has 3 nitrogen and oxygen atoms in total. The number of hydrogen-bond acceptors (Lipinski definition) is 2. The summed E-state index contributed by atoms with van der Waals surface area (Å²) in [7, 11) is 0. The predicted octanol–water partition coefficient (Wildman–Crippen LogP) is 1.50. The highest BCUT2D eigenvalue weighted by Crippen LogP contribution is 2.21. The van der Waals surface area contributed by atoms with Gasteiger partial charge < -0.3 is 10.7 Å². The van der Waals surface area contributed by atoms with Gasteiger partial charge >= 0.3 is 0 Å². The van der Waals surface area contributed by atoms with Crippen molar-refractivity contribution in [3.05, 3.63) is 25.7 Å². The summed E-state index contributed by atoms with van der Waals surface area (Å²) >= 11 is 1.79. The molecule has 1 aromatic rings. The molecule has 0 bridgehead atoms. The lowest BCUT2D eigenvalue weighted by atomic mass is 10.2. The molecule has 0 fully saturated rings.